The number of unbranched alkanes of at least 4 members (excludes halogenated alkanes) is 1. The number of likely N-dealkylation sites (N-methyl/N-ethyl adjacent to an activating group) is 1. The van der Waals surface area contributed by atoms with Crippen LogP contribution in [0.5, 0.6) is 0 Å². The Morgan fingerprint density at radius 1 is 1.17 bits per heavy atom. The SMILES string of the molecule is CNC(=O)CN1CCN(C(=O)CCCCBr)CC1. The summed E-state index contributed by atoms with van der Waals surface area (Å²) in [5.41, 5.74) is 0. The standard InChI is InChI=1S/C12H22BrN3O2/c1-14-11(17)10-15-6-8-16(9-7-15)12(18)4-2-3-5-13/h2-10H2,1H3,(H,14,17). The zero-order valence-corrected chi connectivity index (χ0v) is 12.5. The molecule has 1 N–H and O–H groups in total. The van der Waals surface area contributed by atoms with Gasteiger partial charge in [-0.2, -0.15) is 0 Å². The quantitative estimate of drug-likeness (QED) is 0.571. The van der Waals surface area contributed by atoms with E-state index in [2.05, 4.69) is 26.1 Å². The van der Waals surface area contributed by atoms with Gasteiger partial charge < -0.3 is 10.2 Å². The Morgan fingerprint density at radius 3 is 2.39 bits per heavy atom. The molecule has 0 aromatic heterocycles. The molecule has 0 radical (unpaired) electrons. The van der Waals surface area contributed by atoms with Crippen molar-refractivity contribution in [3.05, 3.63) is 0 Å². The van der Waals surface area contributed by atoms with Crippen LogP contribution in [0.25, 0.3) is 0 Å². The fourth-order valence-corrected chi connectivity index (χ4v) is 2.36. The van der Waals surface area contributed by atoms with Gasteiger partial charge in [-0.05, 0) is 12.8 Å². The molecule has 104 valence electrons. The van der Waals surface area contributed by atoms with Gasteiger partial charge in [-0.25, -0.2) is 0 Å². The molecule has 0 unspecified atom stereocenters. The molecule has 1 saturated heterocycles. The average molecular weight is 320 g/mol. The number of hydrogen-bond donors (Lipinski definition) is 1. The zero-order valence-electron chi connectivity index (χ0n) is 11.0. The van der Waals surface area contributed by atoms with Gasteiger partial charge in [0.15, 0.2) is 0 Å². The van der Waals surface area contributed by atoms with Crippen molar-refractivity contribution in [2.45, 2.75) is 19.3 Å². The smallest absolute Gasteiger partial charge is 0.233 e. The first-order valence-electron chi connectivity index (χ1n) is 6.44. The molecule has 1 aliphatic heterocycles. The number of amides is 2. The predicted molar refractivity (Wildman–Crippen MR) is 74.7 cm³/mol. The summed E-state index contributed by atoms with van der Waals surface area (Å²) in [6.45, 7) is 3.49. The van der Waals surface area contributed by atoms with E-state index in [0.29, 0.717) is 13.0 Å². The van der Waals surface area contributed by atoms with Gasteiger partial charge >= 0.3 is 0 Å². The minimum absolute atomic E-state index is 0.0343. The Bertz CT molecular complexity index is 278. The third kappa shape index (κ3) is 5.35. The third-order valence-electron chi connectivity index (χ3n) is 3.15. The molecule has 0 aromatic rings. The molecule has 0 spiro atoms. The predicted octanol–water partition coefficient (Wildman–Crippen LogP) is 0.442. The molecule has 1 fully saturated rings. The summed E-state index contributed by atoms with van der Waals surface area (Å²) >= 11 is 3.36. The molecule has 5 nitrogen and oxygen atoms in total. The number of nitrogens with zero attached hydrogens (tertiary/aromatic N) is 2. The summed E-state index contributed by atoms with van der Waals surface area (Å²) < 4.78 is 0. The van der Waals surface area contributed by atoms with Gasteiger partial charge in [0.25, 0.3) is 0 Å². The van der Waals surface area contributed by atoms with E-state index in [4.69, 9.17) is 0 Å². The normalized spacial score (nSPS) is 16.7. The topological polar surface area (TPSA) is 52.7 Å². The Hall–Kier alpha value is -0.620. The van der Waals surface area contributed by atoms with Crippen LogP contribution in [-0.2, 0) is 9.59 Å². The number of nitrogens with one attached hydrogen (secondary N) is 1. The van der Waals surface area contributed by atoms with Crippen LogP contribution in [0.15, 0.2) is 0 Å². The molecule has 1 rings (SSSR count). The summed E-state index contributed by atoms with van der Waals surface area (Å²) in [6.07, 6.45) is 2.63. The molecule has 6 heteroatoms. The van der Waals surface area contributed by atoms with Crippen molar-refractivity contribution in [3.63, 3.8) is 0 Å². The van der Waals surface area contributed by atoms with E-state index < -0.39 is 0 Å². The molecule has 0 bridgehead atoms. The number of piperazine rings is 1. The van der Waals surface area contributed by atoms with Crippen molar-refractivity contribution in [3.8, 4) is 0 Å². The molecule has 2 amide bonds. The lowest BCUT2D eigenvalue weighted by Gasteiger charge is -2.34. The van der Waals surface area contributed by atoms with Crippen LogP contribution in [0, 0.1) is 0 Å². The van der Waals surface area contributed by atoms with Gasteiger partial charge in [0, 0.05) is 45.0 Å². The third-order valence-corrected chi connectivity index (χ3v) is 3.71. The highest BCUT2D eigenvalue weighted by Crippen LogP contribution is 2.07. The summed E-state index contributed by atoms with van der Waals surface area (Å²) in [7, 11) is 1.64. The molecule has 1 heterocycles. The van der Waals surface area contributed by atoms with Crippen molar-refractivity contribution in [2.75, 3.05) is 45.1 Å². The van der Waals surface area contributed by atoms with E-state index >= 15 is 0 Å². The van der Waals surface area contributed by atoms with Gasteiger partial charge in [-0.1, -0.05) is 15.9 Å². The minimum atomic E-state index is 0.0343. The fraction of sp³-hybridized carbons (Fsp3) is 0.833. The van der Waals surface area contributed by atoms with E-state index in [9.17, 15) is 9.59 Å². The number of halogens is 1. The number of alkyl halides is 1. The van der Waals surface area contributed by atoms with Gasteiger partial charge in [-0.3, -0.25) is 14.5 Å². The first-order valence-corrected chi connectivity index (χ1v) is 7.56. The maximum absolute atomic E-state index is 11.9. The lowest BCUT2D eigenvalue weighted by atomic mass is 10.2. The van der Waals surface area contributed by atoms with E-state index in [0.717, 1.165) is 44.4 Å². The first kappa shape index (κ1) is 15.4. The Morgan fingerprint density at radius 2 is 1.83 bits per heavy atom. The molecule has 18 heavy (non-hydrogen) atoms. The molecule has 0 aromatic carbocycles. The second-order valence-electron chi connectivity index (χ2n) is 4.48. The second-order valence-corrected chi connectivity index (χ2v) is 5.27. The summed E-state index contributed by atoms with van der Waals surface area (Å²) in [4.78, 5) is 27.1. The highest BCUT2D eigenvalue weighted by Gasteiger charge is 2.21. The molecule has 0 saturated carbocycles. The lowest BCUT2D eigenvalue weighted by molar-refractivity contribution is -0.133. The van der Waals surface area contributed by atoms with Crippen molar-refractivity contribution in [2.24, 2.45) is 0 Å². The van der Waals surface area contributed by atoms with Crippen LogP contribution in [0.4, 0.5) is 0 Å². The van der Waals surface area contributed by atoms with Crippen LogP contribution in [0.1, 0.15) is 19.3 Å². The average Bonchev–Trinajstić information content (AvgIpc) is 2.39. The van der Waals surface area contributed by atoms with E-state index in [1.165, 1.54) is 0 Å². The minimum Gasteiger partial charge on any atom is -0.358 e. The number of hydrogen-bond acceptors (Lipinski definition) is 3. The number of rotatable bonds is 6. The van der Waals surface area contributed by atoms with Crippen molar-refractivity contribution >= 4 is 27.7 Å². The zero-order chi connectivity index (χ0) is 13.4. The Kier molecular flexibility index (Phi) is 7.27. The van der Waals surface area contributed by atoms with Crippen molar-refractivity contribution in [1.29, 1.82) is 0 Å². The largest absolute Gasteiger partial charge is 0.358 e. The van der Waals surface area contributed by atoms with Crippen molar-refractivity contribution < 1.29 is 9.59 Å². The fourth-order valence-electron chi connectivity index (χ4n) is 1.97. The molecule has 0 atom stereocenters. The first-order chi connectivity index (χ1) is 8.67. The maximum Gasteiger partial charge on any atom is 0.233 e. The van der Waals surface area contributed by atoms with E-state index in [1.807, 2.05) is 4.90 Å². The molecular formula is C12H22BrN3O2. The van der Waals surface area contributed by atoms with Crippen LogP contribution in [-0.4, -0.2) is 66.7 Å². The van der Waals surface area contributed by atoms with Gasteiger partial charge in [0.1, 0.15) is 0 Å². The Labute approximate surface area is 117 Å². The van der Waals surface area contributed by atoms with Crippen molar-refractivity contribution in [1.82, 2.24) is 15.1 Å². The Balaban J connectivity index is 2.22. The summed E-state index contributed by atoms with van der Waals surface area (Å²) in [6, 6.07) is 0. The second kappa shape index (κ2) is 8.48. The maximum atomic E-state index is 11.9. The summed E-state index contributed by atoms with van der Waals surface area (Å²) in [5, 5.41) is 3.57. The van der Waals surface area contributed by atoms with Gasteiger partial charge in [0.05, 0.1) is 6.54 Å². The van der Waals surface area contributed by atoms with E-state index in [1.54, 1.807) is 7.05 Å². The highest BCUT2D eigenvalue weighted by atomic mass is 79.9. The van der Waals surface area contributed by atoms with Crippen LogP contribution in [0.3, 0.4) is 0 Å². The molecule has 1 aliphatic rings. The van der Waals surface area contributed by atoms with Gasteiger partial charge in [-0.15, -0.1) is 0 Å². The molecular weight excluding hydrogens is 298 g/mol. The monoisotopic (exact) mass is 319 g/mol. The van der Waals surface area contributed by atoms with Crippen LogP contribution < -0.4 is 5.32 Å². The lowest BCUT2D eigenvalue weighted by Crippen LogP contribution is -2.50. The molecule has 0 aliphatic carbocycles. The van der Waals surface area contributed by atoms with Gasteiger partial charge in [0.2, 0.25) is 11.8 Å². The van der Waals surface area contributed by atoms with E-state index in [-0.39, 0.29) is 11.8 Å². The van der Waals surface area contributed by atoms with Crippen LogP contribution in [0.2, 0.25) is 0 Å². The number of carbonyl (C=O) groups is 2. The highest BCUT2D eigenvalue weighted by molar-refractivity contribution is 9.09. The number of carbonyl (C=O) groups excluding carboxylic acids is 2. The summed E-state index contributed by atoms with van der Waals surface area (Å²) in [5.74, 6) is 0.280. The van der Waals surface area contributed by atoms with Crippen LogP contribution >= 0.6 is 15.9 Å².